The lowest BCUT2D eigenvalue weighted by Gasteiger charge is -2.24. The van der Waals surface area contributed by atoms with Gasteiger partial charge < -0.3 is 4.18 Å². The zero-order valence-electron chi connectivity index (χ0n) is 13.3. The molecule has 0 aromatic heterocycles. The number of hydrogen-bond donors (Lipinski definition) is 0. The van der Waals surface area contributed by atoms with Gasteiger partial charge in [-0.25, -0.2) is 4.39 Å². The van der Waals surface area contributed by atoms with E-state index in [4.69, 9.17) is 4.18 Å². The Morgan fingerprint density at radius 3 is 2.50 bits per heavy atom. The lowest BCUT2D eigenvalue weighted by Crippen LogP contribution is -2.30. The van der Waals surface area contributed by atoms with Crippen molar-refractivity contribution >= 4 is 10.1 Å². The summed E-state index contributed by atoms with van der Waals surface area (Å²) in [4.78, 5) is 2.12. The van der Waals surface area contributed by atoms with Crippen LogP contribution in [0.15, 0.2) is 54.6 Å². The molecule has 0 aliphatic carbocycles. The van der Waals surface area contributed by atoms with Gasteiger partial charge in [-0.05, 0) is 49.2 Å². The van der Waals surface area contributed by atoms with Gasteiger partial charge in [-0.2, -0.15) is 8.42 Å². The quantitative estimate of drug-likeness (QED) is 0.750. The van der Waals surface area contributed by atoms with Crippen molar-refractivity contribution in [3.63, 3.8) is 0 Å². The first-order valence-electron chi connectivity index (χ1n) is 8.00. The summed E-state index contributed by atoms with van der Waals surface area (Å²) in [6.45, 7) is 1.24. The van der Waals surface area contributed by atoms with E-state index in [-0.39, 0.29) is 17.6 Å². The Balaban J connectivity index is 1.61. The minimum atomic E-state index is -3.64. The molecule has 0 bridgehead atoms. The molecular weight excluding hydrogens is 329 g/mol. The summed E-state index contributed by atoms with van der Waals surface area (Å²) in [6, 6.07) is 15.1. The third kappa shape index (κ3) is 4.33. The van der Waals surface area contributed by atoms with Gasteiger partial charge in [0.25, 0.3) is 0 Å². The number of para-hydroxylation sites is 1. The number of benzene rings is 2. The molecule has 3 rings (SSSR count). The third-order valence-electron chi connectivity index (χ3n) is 4.21. The fourth-order valence-electron chi connectivity index (χ4n) is 3.05. The van der Waals surface area contributed by atoms with Gasteiger partial charge in [-0.15, -0.1) is 0 Å². The minimum absolute atomic E-state index is 0.0699. The van der Waals surface area contributed by atoms with Gasteiger partial charge in [-0.1, -0.05) is 30.3 Å². The van der Waals surface area contributed by atoms with Crippen LogP contribution < -0.4 is 4.18 Å². The topological polar surface area (TPSA) is 46.6 Å². The highest BCUT2D eigenvalue weighted by Gasteiger charge is 2.27. The van der Waals surface area contributed by atoms with Crippen LogP contribution in [0.3, 0.4) is 0 Å². The van der Waals surface area contributed by atoms with Crippen molar-refractivity contribution in [3.05, 3.63) is 66.0 Å². The van der Waals surface area contributed by atoms with Crippen molar-refractivity contribution in [1.29, 1.82) is 0 Å². The van der Waals surface area contributed by atoms with Crippen LogP contribution in [0, 0.1) is 5.82 Å². The van der Waals surface area contributed by atoms with Crippen LogP contribution in [0.5, 0.6) is 5.75 Å². The van der Waals surface area contributed by atoms with Crippen molar-refractivity contribution in [2.45, 2.75) is 18.9 Å². The molecule has 1 aliphatic rings. The highest BCUT2D eigenvalue weighted by Crippen LogP contribution is 2.31. The van der Waals surface area contributed by atoms with E-state index in [1.165, 1.54) is 12.1 Å². The van der Waals surface area contributed by atoms with Crippen LogP contribution >= 0.6 is 0 Å². The number of nitrogens with zero attached hydrogens (tertiary/aromatic N) is 1. The summed E-state index contributed by atoms with van der Waals surface area (Å²) in [7, 11) is -3.64. The van der Waals surface area contributed by atoms with Gasteiger partial charge in [0.05, 0.1) is 5.75 Å². The largest absolute Gasteiger partial charge is 0.382 e. The molecule has 1 heterocycles. The zero-order valence-corrected chi connectivity index (χ0v) is 14.1. The molecule has 2 aromatic rings. The van der Waals surface area contributed by atoms with Crippen LogP contribution in [-0.4, -0.2) is 32.2 Å². The highest BCUT2D eigenvalue weighted by atomic mass is 32.2. The molecule has 24 heavy (non-hydrogen) atoms. The fourth-order valence-corrected chi connectivity index (χ4v) is 4.00. The molecule has 128 valence electrons. The lowest BCUT2D eigenvalue weighted by atomic mass is 10.0. The summed E-state index contributed by atoms with van der Waals surface area (Å²) in [5, 5.41) is 0. The summed E-state index contributed by atoms with van der Waals surface area (Å²) in [5.74, 6) is -0.00398. The molecule has 0 amide bonds. The second-order valence-electron chi connectivity index (χ2n) is 5.90. The molecule has 0 unspecified atom stereocenters. The average Bonchev–Trinajstić information content (AvgIpc) is 3.03. The van der Waals surface area contributed by atoms with Crippen LogP contribution in [0.4, 0.5) is 4.39 Å². The molecule has 1 saturated heterocycles. The van der Waals surface area contributed by atoms with Gasteiger partial charge in [-0.3, -0.25) is 4.90 Å². The molecule has 1 aliphatic heterocycles. The van der Waals surface area contributed by atoms with E-state index in [0.717, 1.165) is 24.9 Å². The first-order valence-corrected chi connectivity index (χ1v) is 9.58. The number of likely N-dealkylation sites (tertiary alicyclic amines) is 1. The van der Waals surface area contributed by atoms with E-state index < -0.39 is 10.1 Å². The van der Waals surface area contributed by atoms with E-state index in [1.807, 2.05) is 0 Å². The Kier molecular flexibility index (Phi) is 5.16. The smallest absolute Gasteiger partial charge is 0.310 e. The molecule has 1 fully saturated rings. The third-order valence-corrected chi connectivity index (χ3v) is 5.34. The van der Waals surface area contributed by atoms with E-state index in [2.05, 4.69) is 4.90 Å². The molecular formula is C18H20FNO3S. The molecule has 0 radical (unpaired) electrons. The number of rotatable bonds is 6. The van der Waals surface area contributed by atoms with E-state index in [1.54, 1.807) is 42.5 Å². The standard InChI is InChI=1S/C18H20FNO3S/c19-16-10-8-15(9-11-16)18-7-4-12-20(18)13-14-24(21,22)23-17-5-2-1-3-6-17/h1-3,5-6,8-11,18H,4,7,12-14H2/t18-/m1/s1. The van der Waals surface area contributed by atoms with Crippen LogP contribution in [0.1, 0.15) is 24.4 Å². The van der Waals surface area contributed by atoms with Crippen molar-refractivity contribution in [2.75, 3.05) is 18.8 Å². The molecule has 0 spiro atoms. The Labute approximate surface area is 142 Å². The van der Waals surface area contributed by atoms with Crippen molar-refractivity contribution in [2.24, 2.45) is 0 Å². The summed E-state index contributed by atoms with van der Waals surface area (Å²) in [6.07, 6.45) is 1.95. The second kappa shape index (κ2) is 7.32. The highest BCUT2D eigenvalue weighted by molar-refractivity contribution is 7.87. The molecule has 4 nitrogen and oxygen atoms in total. The van der Waals surface area contributed by atoms with Crippen molar-refractivity contribution in [1.82, 2.24) is 4.90 Å². The number of halogens is 1. The van der Waals surface area contributed by atoms with Gasteiger partial charge in [0, 0.05) is 12.6 Å². The molecule has 0 N–H and O–H groups in total. The average molecular weight is 349 g/mol. The Hall–Kier alpha value is -1.92. The molecule has 6 heteroatoms. The van der Waals surface area contributed by atoms with E-state index >= 15 is 0 Å². The van der Waals surface area contributed by atoms with Crippen LogP contribution in [0.2, 0.25) is 0 Å². The molecule has 1 atom stereocenters. The number of hydrogen-bond acceptors (Lipinski definition) is 4. The Morgan fingerprint density at radius 2 is 1.79 bits per heavy atom. The summed E-state index contributed by atoms with van der Waals surface area (Å²) < 4.78 is 42.5. The Bertz CT molecular complexity index is 763. The van der Waals surface area contributed by atoms with Gasteiger partial charge >= 0.3 is 10.1 Å². The normalized spacial score (nSPS) is 18.6. The van der Waals surface area contributed by atoms with Gasteiger partial charge in [0.15, 0.2) is 0 Å². The fraction of sp³-hybridized carbons (Fsp3) is 0.333. The van der Waals surface area contributed by atoms with E-state index in [9.17, 15) is 12.8 Å². The van der Waals surface area contributed by atoms with Crippen LogP contribution in [-0.2, 0) is 10.1 Å². The monoisotopic (exact) mass is 349 g/mol. The maximum absolute atomic E-state index is 13.1. The zero-order chi connectivity index (χ0) is 17.0. The minimum Gasteiger partial charge on any atom is -0.382 e. The summed E-state index contributed by atoms with van der Waals surface area (Å²) in [5.41, 5.74) is 1.02. The SMILES string of the molecule is O=S(=O)(CCN1CCC[C@@H]1c1ccc(F)cc1)Oc1ccccc1. The predicted octanol–water partition coefficient (Wildman–Crippen LogP) is 3.37. The second-order valence-corrected chi connectivity index (χ2v) is 7.59. The van der Waals surface area contributed by atoms with Crippen molar-refractivity contribution < 1.29 is 17.0 Å². The Morgan fingerprint density at radius 1 is 1.08 bits per heavy atom. The maximum atomic E-state index is 13.1. The molecule has 0 saturated carbocycles. The van der Waals surface area contributed by atoms with Crippen LogP contribution in [0.25, 0.3) is 0 Å². The maximum Gasteiger partial charge on any atom is 0.310 e. The molecule has 2 aromatic carbocycles. The van der Waals surface area contributed by atoms with Gasteiger partial charge in [0.2, 0.25) is 0 Å². The van der Waals surface area contributed by atoms with E-state index in [0.29, 0.717) is 12.3 Å². The first-order chi connectivity index (χ1) is 11.5. The van der Waals surface area contributed by atoms with Crippen molar-refractivity contribution in [3.8, 4) is 5.75 Å². The van der Waals surface area contributed by atoms with Gasteiger partial charge in [0.1, 0.15) is 11.6 Å². The predicted molar refractivity (Wildman–Crippen MR) is 90.8 cm³/mol. The first kappa shape index (κ1) is 16.9. The summed E-state index contributed by atoms with van der Waals surface area (Å²) >= 11 is 0. The lowest BCUT2D eigenvalue weighted by molar-refractivity contribution is 0.270.